The molecule has 2 nitrogen and oxygen atoms in total. The molecule has 0 saturated carbocycles. The van der Waals surface area contributed by atoms with Crippen molar-refractivity contribution in [3.05, 3.63) is 40.4 Å². The molecule has 4 heteroatoms. The van der Waals surface area contributed by atoms with Crippen LogP contribution in [-0.4, -0.2) is 19.0 Å². The van der Waals surface area contributed by atoms with Crippen molar-refractivity contribution in [2.24, 2.45) is 0 Å². The van der Waals surface area contributed by atoms with Crippen LogP contribution < -0.4 is 0 Å². The Morgan fingerprint density at radius 1 is 1.47 bits per heavy atom. The van der Waals surface area contributed by atoms with E-state index < -0.39 is 5.97 Å². The van der Waals surface area contributed by atoms with Gasteiger partial charge in [-0.05, 0) is 17.7 Å². The van der Waals surface area contributed by atoms with Crippen LogP contribution in [0, 0.1) is 0 Å². The van der Waals surface area contributed by atoms with E-state index in [1.165, 1.54) is 7.11 Å². The van der Waals surface area contributed by atoms with Crippen molar-refractivity contribution >= 4 is 35.2 Å². The Hall–Kier alpha value is -0.990. The second kappa shape index (κ2) is 5.79. The summed E-state index contributed by atoms with van der Waals surface area (Å²) in [6.45, 7) is 0. The van der Waals surface area contributed by atoms with E-state index >= 15 is 0 Å². The van der Waals surface area contributed by atoms with Crippen molar-refractivity contribution in [1.82, 2.24) is 0 Å². The molecule has 0 heterocycles. The molecular weight excluding hydrogens is 235 g/mol. The maximum absolute atomic E-state index is 11.2. The Bertz CT molecular complexity index is 386. The maximum atomic E-state index is 11.2. The summed E-state index contributed by atoms with van der Waals surface area (Å²) in [6.07, 6.45) is 1.63. The highest BCUT2D eigenvalue weighted by atomic mass is 35.5. The first-order valence-electron chi connectivity index (χ1n) is 4.28. The van der Waals surface area contributed by atoms with E-state index in [9.17, 15) is 4.79 Å². The van der Waals surface area contributed by atoms with Crippen LogP contribution >= 0.6 is 23.2 Å². The van der Waals surface area contributed by atoms with Crippen molar-refractivity contribution in [2.75, 3.05) is 13.0 Å². The Balaban J connectivity index is 3.03. The van der Waals surface area contributed by atoms with Crippen molar-refractivity contribution in [3.8, 4) is 0 Å². The number of rotatable bonds is 3. The lowest BCUT2D eigenvalue weighted by Crippen LogP contribution is -2.05. The van der Waals surface area contributed by atoms with Crippen LogP contribution in [0.4, 0.5) is 0 Å². The van der Waals surface area contributed by atoms with Gasteiger partial charge in [-0.15, -0.1) is 11.6 Å². The zero-order chi connectivity index (χ0) is 11.3. The number of methoxy groups -OCH3 is 1. The highest BCUT2D eigenvalue weighted by Crippen LogP contribution is 2.19. The number of hydrogen-bond donors (Lipinski definition) is 0. The number of ether oxygens (including phenoxy) is 1. The molecule has 0 radical (unpaired) electrons. The average Bonchev–Trinajstić information content (AvgIpc) is 2.27. The second-order valence-electron chi connectivity index (χ2n) is 2.82. The zero-order valence-corrected chi connectivity index (χ0v) is 9.68. The lowest BCUT2D eigenvalue weighted by Gasteiger charge is -2.02. The fourth-order valence-corrected chi connectivity index (χ4v) is 1.44. The highest BCUT2D eigenvalue weighted by molar-refractivity contribution is 6.32. The summed E-state index contributed by atoms with van der Waals surface area (Å²) >= 11 is 11.6. The molecule has 0 N–H and O–H groups in total. The Morgan fingerprint density at radius 3 is 2.67 bits per heavy atom. The first kappa shape index (κ1) is 12.1. The lowest BCUT2D eigenvalue weighted by molar-refractivity contribution is -0.135. The minimum Gasteiger partial charge on any atom is -0.466 e. The molecule has 15 heavy (non-hydrogen) atoms. The second-order valence-corrected chi connectivity index (χ2v) is 3.49. The van der Waals surface area contributed by atoms with Gasteiger partial charge in [0.15, 0.2) is 0 Å². The molecule has 1 aromatic carbocycles. The molecule has 0 aromatic heterocycles. The van der Waals surface area contributed by atoms with Crippen molar-refractivity contribution in [3.63, 3.8) is 0 Å². The smallest absolute Gasteiger partial charge is 0.334 e. The third kappa shape index (κ3) is 3.26. The van der Waals surface area contributed by atoms with Gasteiger partial charge < -0.3 is 4.74 Å². The topological polar surface area (TPSA) is 26.3 Å². The monoisotopic (exact) mass is 244 g/mol. The standard InChI is InChI=1S/C11H10Cl2O2/c1-15-11(14)9(7-12)6-8-4-2-3-5-10(8)13/h2-6H,7H2,1H3/b9-6+. The molecule has 1 aromatic rings. The number of carbonyl (C=O) groups is 1. The summed E-state index contributed by atoms with van der Waals surface area (Å²) in [7, 11) is 1.31. The van der Waals surface area contributed by atoms with E-state index in [1.54, 1.807) is 18.2 Å². The minimum absolute atomic E-state index is 0.0951. The molecule has 0 unspecified atom stereocenters. The van der Waals surface area contributed by atoms with Gasteiger partial charge in [-0.3, -0.25) is 0 Å². The van der Waals surface area contributed by atoms with Crippen LogP contribution in [0.2, 0.25) is 5.02 Å². The van der Waals surface area contributed by atoms with Gasteiger partial charge in [0.1, 0.15) is 0 Å². The molecule has 0 aliphatic carbocycles. The van der Waals surface area contributed by atoms with Crippen LogP contribution in [0.15, 0.2) is 29.8 Å². The van der Waals surface area contributed by atoms with E-state index in [0.29, 0.717) is 10.6 Å². The molecule has 0 aliphatic heterocycles. The average molecular weight is 245 g/mol. The number of benzene rings is 1. The summed E-state index contributed by atoms with van der Waals surface area (Å²) in [5.41, 5.74) is 1.13. The molecule has 80 valence electrons. The Labute approximate surface area is 98.4 Å². The quantitative estimate of drug-likeness (QED) is 0.464. The maximum Gasteiger partial charge on any atom is 0.334 e. The third-order valence-corrected chi connectivity index (χ3v) is 2.46. The van der Waals surface area contributed by atoms with E-state index in [4.69, 9.17) is 23.2 Å². The normalized spacial score (nSPS) is 11.3. The SMILES string of the molecule is COC(=O)/C(=C/c1ccccc1Cl)CCl. The van der Waals surface area contributed by atoms with Crippen LogP contribution in [0.1, 0.15) is 5.56 Å². The van der Waals surface area contributed by atoms with Crippen LogP contribution in [-0.2, 0) is 9.53 Å². The van der Waals surface area contributed by atoms with Gasteiger partial charge in [0, 0.05) is 5.02 Å². The van der Waals surface area contributed by atoms with Gasteiger partial charge in [0.25, 0.3) is 0 Å². The molecule has 1 rings (SSSR count). The number of halogens is 2. The molecule has 0 bridgehead atoms. The molecule has 0 atom stereocenters. The zero-order valence-electron chi connectivity index (χ0n) is 8.17. The van der Waals surface area contributed by atoms with Crippen LogP contribution in [0.3, 0.4) is 0 Å². The Morgan fingerprint density at radius 2 is 2.13 bits per heavy atom. The lowest BCUT2D eigenvalue weighted by atomic mass is 10.1. The van der Waals surface area contributed by atoms with Gasteiger partial charge in [-0.25, -0.2) is 4.79 Å². The Kier molecular flexibility index (Phi) is 4.66. The van der Waals surface area contributed by atoms with Crippen LogP contribution in [0.5, 0.6) is 0 Å². The first-order valence-corrected chi connectivity index (χ1v) is 5.19. The third-order valence-electron chi connectivity index (χ3n) is 1.83. The van der Waals surface area contributed by atoms with Crippen molar-refractivity contribution in [1.29, 1.82) is 0 Å². The van der Waals surface area contributed by atoms with E-state index in [1.807, 2.05) is 12.1 Å². The molecule has 0 fully saturated rings. The minimum atomic E-state index is -0.440. The summed E-state index contributed by atoms with van der Waals surface area (Å²) in [6, 6.07) is 7.20. The fraction of sp³-hybridized carbons (Fsp3) is 0.182. The van der Waals surface area contributed by atoms with Crippen molar-refractivity contribution < 1.29 is 9.53 Å². The van der Waals surface area contributed by atoms with Gasteiger partial charge in [0.05, 0.1) is 18.6 Å². The van der Waals surface area contributed by atoms with Gasteiger partial charge in [0.2, 0.25) is 0 Å². The number of esters is 1. The predicted molar refractivity (Wildman–Crippen MR) is 62.2 cm³/mol. The van der Waals surface area contributed by atoms with Crippen LogP contribution in [0.25, 0.3) is 6.08 Å². The van der Waals surface area contributed by atoms with E-state index in [0.717, 1.165) is 5.56 Å². The summed E-state index contributed by atoms with van der Waals surface area (Å²) in [4.78, 5) is 11.2. The molecule has 0 amide bonds. The molecule has 0 spiro atoms. The fourth-order valence-electron chi connectivity index (χ4n) is 1.06. The number of hydrogen-bond acceptors (Lipinski definition) is 2. The highest BCUT2D eigenvalue weighted by Gasteiger charge is 2.08. The van der Waals surface area contributed by atoms with Gasteiger partial charge in [-0.2, -0.15) is 0 Å². The van der Waals surface area contributed by atoms with Crippen molar-refractivity contribution in [2.45, 2.75) is 0 Å². The molecule has 0 saturated heterocycles. The predicted octanol–water partition coefficient (Wildman–Crippen LogP) is 3.14. The summed E-state index contributed by atoms with van der Waals surface area (Å²) < 4.78 is 4.58. The first-order chi connectivity index (χ1) is 7.19. The van der Waals surface area contributed by atoms with Gasteiger partial charge in [-0.1, -0.05) is 29.8 Å². The van der Waals surface area contributed by atoms with Gasteiger partial charge >= 0.3 is 5.97 Å². The number of carbonyl (C=O) groups excluding carboxylic acids is 1. The largest absolute Gasteiger partial charge is 0.466 e. The number of alkyl halides is 1. The molecular formula is C11H10Cl2O2. The summed E-state index contributed by atoms with van der Waals surface area (Å²) in [5.74, 6) is -0.345. The molecule has 0 aliphatic rings. The van der Waals surface area contributed by atoms with E-state index in [2.05, 4.69) is 4.74 Å². The van der Waals surface area contributed by atoms with E-state index in [-0.39, 0.29) is 5.88 Å². The summed E-state index contributed by atoms with van der Waals surface area (Å²) in [5, 5.41) is 0.573.